The predicted octanol–water partition coefficient (Wildman–Crippen LogP) is 3.41. The lowest BCUT2D eigenvalue weighted by Gasteiger charge is -2.17. The molecule has 2 nitrogen and oxygen atoms in total. The van der Waals surface area contributed by atoms with Gasteiger partial charge < -0.3 is 10.4 Å². The molecule has 0 aliphatic heterocycles. The number of rotatable bonds is 5. The van der Waals surface area contributed by atoms with Gasteiger partial charge in [-0.15, -0.1) is 0 Å². The van der Waals surface area contributed by atoms with Gasteiger partial charge in [-0.05, 0) is 35.4 Å². The molecule has 0 spiro atoms. The van der Waals surface area contributed by atoms with E-state index in [0.29, 0.717) is 0 Å². The highest BCUT2D eigenvalue weighted by atomic mass is 32.1. The minimum atomic E-state index is -0.857. The van der Waals surface area contributed by atoms with Crippen molar-refractivity contribution in [2.45, 2.75) is 19.1 Å². The third kappa shape index (κ3) is 3.37. The molecule has 2 atom stereocenters. The van der Waals surface area contributed by atoms with Crippen LogP contribution in [0.3, 0.4) is 0 Å². The maximum atomic E-state index is 13.6. The van der Waals surface area contributed by atoms with Gasteiger partial charge in [-0.25, -0.2) is 8.78 Å². The summed E-state index contributed by atoms with van der Waals surface area (Å²) in [6, 6.07) is 5.56. The minimum absolute atomic E-state index is 0.262. The zero-order valence-electron chi connectivity index (χ0n) is 10.4. The molecule has 0 amide bonds. The lowest BCUT2D eigenvalue weighted by atomic mass is 10.1. The van der Waals surface area contributed by atoms with Gasteiger partial charge in [-0.1, -0.05) is 12.1 Å². The van der Waals surface area contributed by atoms with Crippen LogP contribution in [-0.2, 0) is 0 Å². The first kappa shape index (κ1) is 14.1. The molecule has 102 valence electrons. The number of aliphatic hydroxyl groups excluding tert-OH is 1. The van der Waals surface area contributed by atoms with Crippen molar-refractivity contribution in [1.82, 2.24) is 5.32 Å². The fourth-order valence-corrected chi connectivity index (χ4v) is 2.54. The monoisotopic (exact) mass is 283 g/mol. The lowest BCUT2D eigenvalue weighted by molar-refractivity contribution is 0.171. The fraction of sp³-hybridized carbons (Fsp3) is 0.286. The van der Waals surface area contributed by atoms with Crippen molar-refractivity contribution in [3.63, 3.8) is 0 Å². The van der Waals surface area contributed by atoms with Gasteiger partial charge >= 0.3 is 0 Å². The Balaban J connectivity index is 1.98. The summed E-state index contributed by atoms with van der Waals surface area (Å²) in [5, 5.41) is 16.7. The molecule has 1 aromatic heterocycles. The number of hydrogen-bond acceptors (Lipinski definition) is 3. The van der Waals surface area contributed by atoms with Crippen LogP contribution in [0.2, 0.25) is 0 Å². The molecule has 2 unspecified atom stereocenters. The Kier molecular flexibility index (Phi) is 4.63. The zero-order chi connectivity index (χ0) is 13.8. The van der Waals surface area contributed by atoms with Crippen LogP contribution in [-0.4, -0.2) is 11.7 Å². The van der Waals surface area contributed by atoms with Gasteiger partial charge in [-0.3, -0.25) is 0 Å². The van der Waals surface area contributed by atoms with E-state index < -0.39 is 17.7 Å². The van der Waals surface area contributed by atoms with Crippen molar-refractivity contribution < 1.29 is 13.9 Å². The average molecular weight is 283 g/mol. The van der Waals surface area contributed by atoms with Crippen LogP contribution in [0.1, 0.15) is 30.2 Å². The number of thiophene rings is 1. The van der Waals surface area contributed by atoms with Crippen molar-refractivity contribution in [1.29, 1.82) is 0 Å². The van der Waals surface area contributed by atoms with E-state index in [1.165, 1.54) is 23.5 Å². The highest BCUT2D eigenvalue weighted by molar-refractivity contribution is 7.07. The molecule has 0 aliphatic carbocycles. The van der Waals surface area contributed by atoms with E-state index in [4.69, 9.17) is 0 Å². The number of nitrogens with one attached hydrogen (secondary N) is 1. The maximum absolute atomic E-state index is 13.6. The van der Waals surface area contributed by atoms with Crippen molar-refractivity contribution in [2.75, 3.05) is 6.54 Å². The third-order valence-corrected chi connectivity index (χ3v) is 3.69. The summed E-state index contributed by atoms with van der Waals surface area (Å²) >= 11 is 1.51. The number of aliphatic hydroxyl groups is 1. The molecule has 19 heavy (non-hydrogen) atoms. The Morgan fingerprint density at radius 2 is 2.11 bits per heavy atom. The average Bonchev–Trinajstić information content (AvgIpc) is 2.93. The second-order valence-corrected chi connectivity index (χ2v) is 5.13. The van der Waals surface area contributed by atoms with Gasteiger partial charge in [0.25, 0.3) is 0 Å². The molecule has 5 heteroatoms. The Labute approximate surface area is 114 Å². The summed E-state index contributed by atoms with van der Waals surface area (Å²) in [5.41, 5.74) is 1.09. The summed E-state index contributed by atoms with van der Waals surface area (Å²) in [4.78, 5) is 0. The summed E-state index contributed by atoms with van der Waals surface area (Å²) in [6.07, 6.45) is -0.648. The molecule has 1 aromatic carbocycles. The summed E-state index contributed by atoms with van der Waals surface area (Å²) in [5.74, 6) is -1.70. The van der Waals surface area contributed by atoms with Crippen LogP contribution in [0.25, 0.3) is 0 Å². The van der Waals surface area contributed by atoms with E-state index in [-0.39, 0.29) is 18.2 Å². The topological polar surface area (TPSA) is 32.3 Å². The van der Waals surface area contributed by atoms with Crippen LogP contribution in [0, 0.1) is 11.6 Å². The van der Waals surface area contributed by atoms with Gasteiger partial charge in [0.1, 0.15) is 0 Å². The second-order valence-electron chi connectivity index (χ2n) is 4.35. The molecule has 0 radical (unpaired) electrons. The molecule has 0 saturated heterocycles. The van der Waals surface area contributed by atoms with Gasteiger partial charge in [0.05, 0.1) is 6.10 Å². The van der Waals surface area contributed by atoms with E-state index >= 15 is 0 Å². The van der Waals surface area contributed by atoms with Crippen molar-refractivity contribution in [2.24, 2.45) is 0 Å². The van der Waals surface area contributed by atoms with Crippen LogP contribution in [0.5, 0.6) is 0 Å². The third-order valence-electron chi connectivity index (χ3n) is 2.99. The van der Waals surface area contributed by atoms with Gasteiger partial charge in [-0.2, -0.15) is 11.3 Å². The predicted molar refractivity (Wildman–Crippen MR) is 72.1 cm³/mol. The highest BCUT2D eigenvalue weighted by Gasteiger charge is 2.15. The zero-order valence-corrected chi connectivity index (χ0v) is 11.3. The van der Waals surface area contributed by atoms with E-state index in [1.807, 2.05) is 16.8 Å². The van der Waals surface area contributed by atoms with Crippen LogP contribution in [0.15, 0.2) is 35.0 Å². The first-order valence-electron chi connectivity index (χ1n) is 5.97. The first-order valence-corrected chi connectivity index (χ1v) is 6.91. The van der Waals surface area contributed by atoms with Crippen molar-refractivity contribution in [3.8, 4) is 0 Å². The van der Waals surface area contributed by atoms with E-state index in [2.05, 4.69) is 5.32 Å². The van der Waals surface area contributed by atoms with E-state index in [0.717, 1.165) is 11.6 Å². The highest BCUT2D eigenvalue weighted by Crippen LogP contribution is 2.20. The summed E-state index contributed by atoms with van der Waals surface area (Å²) in [7, 11) is 0. The van der Waals surface area contributed by atoms with Crippen LogP contribution in [0.4, 0.5) is 8.78 Å². The van der Waals surface area contributed by atoms with Crippen LogP contribution < -0.4 is 5.32 Å². The van der Waals surface area contributed by atoms with Crippen molar-refractivity contribution in [3.05, 3.63) is 57.8 Å². The molecular weight excluding hydrogens is 268 g/mol. The normalized spacial score (nSPS) is 14.3. The van der Waals surface area contributed by atoms with E-state index in [9.17, 15) is 13.9 Å². The standard InChI is InChI=1S/C14H15F2NOS/c1-9(11-3-2-4-12(15)14(11)16)17-7-13(18)10-5-6-19-8-10/h2-6,8-9,13,17-18H,7H2,1H3. The van der Waals surface area contributed by atoms with Gasteiger partial charge in [0, 0.05) is 18.2 Å². The molecule has 0 bridgehead atoms. The first-order chi connectivity index (χ1) is 9.09. The Bertz CT molecular complexity index is 530. The maximum Gasteiger partial charge on any atom is 0.163 e. The summed E-state index contributed by atoms with van der Waals surface area (Å²) in [6.45, 7) is 2.02. The molecule has 2 N–H and O–H groups in total. The smallest absolute Gasteiger partial charge is 0.163 e. The molecular formula is C14H15F2NOS. The van der Waals surface area contributed by atoms with Gasteiger partial charge in [0.15, 0.2) is 11.6 Å². The largest absolute Gasteiger partial charge is 0.387 e. The van der Waals surface area contributed by atoms with E-state index in [1.54, 1.807) is 6.92 Å². The quantitative estimate of drug-likeness (QED) is 0.881. The number of halogens is 2. The molecule has 0 fully saturated rings. The molecule has 2 rings (SSSR count). The van der Waals surface area contributed by atoms with Crippen molar-refractivity contribution >= 4 is 11.3 Å². The molecule has 0 saturated carbocycles. The fourth-order valence-electron chi connectivity index (χ4n) is 1.84. The number of hydrogen-bond donors (Lipinski definition) is 2. The number of benzene rings is 1. The SMILES string of the molecule is CC(NCC(O)c1ccsc1)c1cccc(F)c1F. The Morgan fingerprint density at radius 3 is 2.79 bits per heavy atom. The Hall–Kier alpha value is -1.30. The molecule has 0 aliphatic rings. The van der Waals surface area contributed by atoms with Crippen LogP contribution >= 0.6 is 11.3 Å². The van der Waals surface area contributed by atoms with Gasteiger partial charge in [0.2, 0.25) is 0 Å². The minimum Gasteiger partial charge on any atom is -0.387 e. The molecule has 2 aromatic rings. The lowest BCUT2D eigenvalue weighted by Crippen LogP contribution is -2.25. The Morgan fingerprint density at radius 1 is 1.32 bits per heavy atom. The summed E-state index contributed by atoms with van der Waals surface area (Å²) < 4.78 is 26.7. The second kappa shape index (κ2) is 6.23. The molecule has 1 heterocycles.